The molecule has 0 atom stereocenters. The third kappa shape index (κ3) is 2.61. The number of nitrogens with zero attached hydrogens (tertiary/aromatic N) is 5. The fourth-order valence-electron chi connectivity index (χ4n) is 3.17. The number of nitriles is 1. The molecule has 0 unspecified atom stereocenters. The van der Waals surface area contributed by atoms with Crippen LogP contribution in [0.3, 0.4) is 0 Å². The van der Waals surface area contributed by atoms with Crippen molar-refractivity contribution in [3.63, 3.8) is 0 Å². The van der Waals surface area contributed by atoms with Gasteiger partial charge in [-0.05, 0) is 30.3 Å². The summed E-state index contributed by atoms with van der Waals surface area (Å²) in [6.07, 6.45) is 5.52. The Labute approximate surface area is 158 Å². The van der Waals surface area contributed by atoms with Crippen molar-refractivity contribution in [3.8, 4) is 28.6 Å². The van der Waals surface area contributed by atoms with Crippen molar-refractivity contribution in [2.24, 2.45) is 0 Å². The number of benzene rings is 1. The van der Waals surface area contributed by atoms with Gasteiger partial charge in [0.2, 0.25) is 5.56 Å². The first-order valence-corrected chi connectivity index (χ1v) is 8.56. The van der Waals surface area contributed by atoms with Gasteiger partial charge in [0.05, 0.1) is 23.0 Å². The van der Waals surface area contributed by atoms with E-state index < -0.39 is 0 Å². The molecule has 1 N–H and O–H groups in total. The molecule has 0 radical (unpaired) electrons. The lowest BCUT2D eigenvalue weighted by molar-refractivity contribution is 1.16. The number of H-pyrrole nitrogens is 1. The number of aromatic nitrogens is 5. The average Bonchev–Trinajstić information content (AvgIpc) is 3.20. The van der Waals surface area contributed by atoms with Gasteiger partial charge in [0.25, 0.3) is 0 Å². The quantitative estimate of drug-likeness (QED) is 0.519. The summed E-state index contributed by atoms with van der Waals surface area (Å²) in [5, 5.41) is 9.25. The SMILES string of the molecule is N#Cc1cccc(-c2nc3[nH]c(=O)ccc3nc2-c2ccc3nccn3c2)c1. The van der Waals surface area contributed by atoms with E-state index in [4.69, 9.17) is 4.98 Å². The predicted octanol–water partition coefficient (Wildman–Crippen LogP) is 3.17. The predicted molar refractivity (Wildman–Crippen MR) is 104 cm³/mol. The summed E-state index contributed by atoms with van der Waals surface area (Å²) in [7, 11) is 0. The van der Waals surface area contributed by atoms with E-state index in [0.717, 1.165) is 16.8 Å². The van der Waals surface area contributed by atoms with Crippen LogP contribution in [0.25, 0.3) is 39.3 Å². The van der Waals surface area contributed by atoms with Crippen LogP contribution in [0, 0.1) is 11.3 Å². The molecule has 5 aromatic rings. The van der Waals surface area contributed by atoms with E-state index in [9.17, 15) is 10.1 Å². The van der Waals surface area contributed by atoms with Crippen LogP contribution in [0.1, 0.15) is 5.56 Å². The Hall–Kier alpha value is -4.31. The van der Waals surface area contributed by atoms with Crippen LogP contribution in [0.2, 0.25) is 0 Å². The van der Waals surface area contributed by atoms with Crippen LogP contribution in [0.15, 0.2) is 71.9 Å². The summed E-state index contributed by atoms with van der Waals surface area (Å²) in [6.45, 7) is 0. The summed E-state index contributed by atoms with van der Waals surface area (Å²) in [4.78, 5) is 28.2. The molecule has 0 spiro atoms. The maximum atomic E-state index is 11.7. The van der Waals surface area contributed by atoms with Crippen molar-refractivity contribution in [3.05, 3.63) is 83.0 Å². The Morgan fingerprint density at radius 1 is 1.00 bits per heavy atom. The second kappa shape index (κ2) is 6.14. The molecule has 7 heteroatoms. The number of rotatable bonds is 2. The zero-order chi connectivity index (χ0) is 19.1. The first-order valence-electron chi connectivity index (χ1n) is 8.56. The van der Waals surface area contributed by atoms with E-state index in [2.05, 4.69) is 21.0 Å². The Balaban J connectivity index is 1.83. The van der Waals surface area contributed by atoms with E-state index in [1.165, 1.54) is 6.07 Å². The highest BCUT2D eigenvalue weighted by molar-refractivity contribution is 5.84. The topological polar surface area (TPSA) is 99.7 Å². The minimum Gasteiger partial charge on any atom is -0.306 e. The standard InChI is InChI=1S/C21H12N6O/c22-11-13-2-1-3-14(10-13)19-20(15-4-6-17-23-8-9-27(17)12-15)24-16-5-7-18(28)25-21(16)26-19/h1-10,12H,(H,25,26,28). The van der Waals surface area contributed by atoms with Crippen molar-refractivity contribution in [2.75, 3.05) is 0 Å². The van der Waals surface area contributed by atoms with Gasteiger partial charge in [0, 0.05) is 35.8 Å². The van der Waals surface area contributed by atoms with E-state index >= 15 is 0 Å². The average molecular weight is 364 g/mol. The zero-order valence-corrected chi connectivity index (χ0v) is 14.5. The van der Waals surface area contributed by atoms with Gasteiger partial charge < -0.3 is 9.38 Å². The molecule has 1 aromatic carbocycles. The lowest BCUT2D eigenvalue weighted by Gasteiger charge is -2.11. The van der Waals surface area contributed by atoms with Crippen molar-refractivity contribution < 1.29 is 0 Å². The second-order valence-corrected chi connectivity index (χ2v) is 6.28. The van der Waals surface area contributed by atoms with Gasteiger partial charge in [0.1, 0.15) is 11.2 Å². The zero-order valence-electron chi connectivity index (χ0n) is 14.5. The Bertz CT molecular complexity index is 1460. The first kappa shape index (κ1) is 15.9. The molecule has 0 bridgehead atoms. The van der Waals surface area contributed by atoms with Crippen molar-refractivity contribution >= 4 is 16.8 Å². The van der Waals surface area contributed by atoms with Gasteiger partial charge >= 0.3 is 0 Å². The molecule has 0 fully saturated rings. The smallest absolute Gasteiger partial charge is 0.249 e. The largest absolute Gasteiger partial charge is 0.306 e. The Morgan fingerprint density at radius 3 is 2.79 bits per heavy atom. The lowest BCUT2D eigenvalue weighted by Crippen LogP contribution is -2.06. The molecule has 0 saturated heterocycles. The van der Waals surface area contributed by atoms with E-state index in [1.807, 2.05) is 35.0 Å². The third-order valence-electron chi connectivity index (χ3n) is 4.48. The number of hydrogen-bond donors (Lipinski definition) is 1. The molecule has 0 aliphatic carbocycles. The third-order valence-corrected chi connectivity index (χ3v) is 4.48. The fraction of sp³-hybridized carbons (Fsp3) is 0. The van der Waals surface area contributed by atoms with Crippen LogP contribution in [0.4, 0.5) is 0 Å². The van der Waals surface area contributed by atoms with E-state index in [0.29, 0.717) is 28.1 Å². The number of nitrogens with one attached hydrogen (secondary N) is 1. The van der Waals surface area contributed by atoms with Crippen molar-refractivity contribution in [2.45, 2.75) is 0 Å². The summed E-state index contributed by atoms with van der Waals surface area (Å²) in [6, 6.07) is 16.2. The minimum absolute atomic E-state index is 0.244. The Kier molecular flexibility index (Phi) is 3.49. The summed E-state index contributed by atoms with van der Waals surface area (Å²) in [5.41, 5.74) is 4.94. The van der Waals surface area contributed by atoms with Crippen molar-refractivity contribution in [1.82, 2.24) is 24.3 Å². The molecule has 7 nitrogen and oxygen atoms in total. The number of pyridine rings is 2. The highest BCUT2D eigenvalue weighted by atomic mass is 16.1. The van der Waals surface area contributed by atoms with Gasteiger partial charge in [-0.2, -0.15) is 5.26 Å². The normalized spacial score (nSPS) is 11.0. The van der Waals surface area contributed by atoms with Gasteiger partial charge in [-0.3, -0.25) is 4.79 Å². The van der Waals surface area contributed by atoms with Gasteiger partial charge in [-0.15, -0.1) is 0 Å². The van der Waals surface area contributed by atoms with Crippen LogP contribution in [-0.4, -0.2) is 24.3 Å². The van der Waals surface area contributed by atoms with Crippen LogP contribution < -0.4 is 5.56 Å². The number of fused-ring (bicyclic) bond motifs is 2. The molecular weight excluding hydrogens is 352 g/mol. The molecule has 5 rings (SSSR count). The van der Waals surface area contributed by atoms with Gasteiger partial charge in [0.15, 0.2) is 5.65 Å². The molecular formula is C21H12N6O. The molecule has 0 amide bonds. The van der Waals surface area contributed by atoms with Crippen LogP contribution in [-0.2, 0) is 0 Å². The summed E-state index contributed by atoms with van der Waals surface area (Å²) < 4.78 is 1.91. The number of imidazole rings is 1. The maximum absolute atomic E-state index is 11.7. The monoisotopic (exact) mass is 364 g/mol. The molecule has 0 saturated carbocycles. The highest BCUT2D eigenvalue weighted by Gasteiger charge is 2.15. The molecule has 4 heterocycles. The Morgan fingerprint density at radius 2 is 1.89 bits per heavy atom. The first-order chi connectivity index (χ1) is 13.7. The minimum atomic E-state index is -0.244. The summed E-state index contributed by atoms with van der Waals surface area (Å²) >= 11 is 0. The molecule has 4 aromatic heterocycles. The van der Waals surface area contributed by atoms with Crippen LogP contribution >= 0.6 is 0 Å². The second-order valence-electron chi connectivity index (χ2n) is 6.28. The van der Waals surface area contributed by atoms with E-state index in [-0.39, 0.29) is 5.56 Å². The molecule has 0 aliphatic heterocycles. The fourth-order valence-corrected chi connectivity index (χ4v) is 3.17. The molecule has 28 heavy (non-hydrogen) atoms. The number of aromatic amines is 1. The van der Waals surface area contributed by atoms with Gasteiger partial charge in [-0.25, -0.2) is 15.0 Å². The summed E-state index contributed by atoms with van der Waals surface area (Å²) in [5.74, 6) is 0. The maximum Gasteiger partial charge on any atom is 0.249 e. The molecule has 0 aliphatic rings. The highest BCUT2D eigenvalue weighted by Crippen LogP contribution is 2.31. The molecule has 132 valence electrons. The lowest BCUT2D eigenvalue weighted by atomic mass is 10.0. The number of hydrogen-bond acceptors (Lipinski definition) is 5. The van der Waals surface area contributed by atoms with Crippen molar-refractivity contribution in [1.29, 1.82) is 5.26 Å². The van der Waals surface area contributed by atoms with Crippen LogP contribution in [0.5, 0.6) is 0 Å². The van der Waals surface area contributed by atoms with Gasteiger partial charge in [-0.1, -0.05) is 12.1 Å². The van der Waals surface area contributed by atoms with E-state index in [1.54, 1.807) is 30.5 Å².